The number of rotatable bonds is 5. The third kappa shape index (κ3) is 3.24. The molecule has 5 rings (SSSR count). The van der Waals surface area contributed by atoms with Crippen molar-refractivity contribution in [3.05, 3.63) is 73.6 Å². The summed E-state index contributed by atoms with van der Waals surface area (Å²) >= 11 is 4.88. The zero-order valence-electron chi connectivity index (χ0n) is 16.8. The number of hydrogen-bond donors (Lipinski definition) is 0. The maximum Gasteiger partial charge on any atom is 0.352 e. The van der Waals surface area contributed by atoms with E-state index in [-0.39, 0.29) is 12.3 Å². The Morgan fingerprint density at radius 2 is 2.00 bits per heavy atom. The fraction of sp³-hybridized carbons (Fsp3) is 0.182. The first-order valence-electron chi connectivity index (χ1n) is 9.72. The summed E-state index contributed by atoms with van der Waals surface area (Å²) in [5.41, 5.74) is 1.73. The molecule has 0 bridgehead atoms. The van der Waals surface area contributed by atoms with Gasteiger partial charge in [-0.05, 0) is 43.2 Å². The summed E-state index contributed by atoms with van der Waals surface area (Å²) in [6, 6.07) is 10.6. The summed E-state index contributed by atoms with van der Waals surface area (Å²) in [4.78, 5) is 32.8. The quantitative estimate of drug-likeness (QED) is 0.323. The SMILES string of the molecule is CCc1c(C)sc2c1c1nc(-c3ccco3)nn1c(=O)n2CC(=O)c1ccc(Br)cc1. The molecule has 7 nitrogen and oxygen atoms in total. The summed E-state index contributed by atoms with van der Waals surface area (Å²) in [7, 11) is 0. The molecular formula is C22H17BrN4O3S. The number of fused-ring (bicyclic) bond motifs is 3. The predicted octanol–water partition coefficient (Wildman–Crippen LogP) is 4.88. The number of aryl methyl sites for hydroxylation is 2. The van der Waals surface area contributed by atoms with Crippen LogP contribution in [0.25, 0.3) is 27.4 Å². The van der Waals surface area contributed by atoms with Crippen molar-refractivity contribution in [1.29, 1.82) is 0 Å². The summed E-state index contributed by atoms with van der Waals surface area (Å²) in [5, 5.41) is 5.27. The first kappa shape index (κ1) is 19.9. The Labute approximate surface area is 189 Å². The van der Waals surface area contributed by atoms with Gasteiger partial charge in [0, 0.05) is 14.9 Å². The van der Waals surface area contributed by atoms with Gasteiger partial charge in [0.2, 0.25) is 5.82 Å². The Morgan fingerprint density at radius 3 is 2.68 bits per heavy atom. The van der Waals surface area contributed by atoms with E-state index in [0.29, 0.717) is 22.8 Å². The molecule has 0 fully saturated rings. The lowest BCUT2D eigenvalue weighted by Gasteiger charge is -2.08. The molecule has 0 saturated heterocycles. The molecule has 0 unspecified atom stereocenters. The maximum atomic E-state index is 13.4. The van der Waals surface area contributed by atoms with Crippen molar-refractivity contribution in [2.24, 2.45) is 0 Å². The van der Waals surface area contributed by atoms with E-state index in [1.54, 1.807) is 24.3 Å². The standard InChI is InChI=1S/C22H17BrN4O3S/c1-3-15-12(2)31-21-18(15)20-24-19(17-5-4-10-30-17)25-27(20)22(29)26(21)11-16(28)13-6-8-14(23)9-7-13/h4-10H,3,11H2,1-2H3. The molecule has 0 amide bonds. The highest BCUT2D eigenvalue weighted by molar-refractivity contribution is 9.10. The third-order valence-corrected chi connectivity index (χ3v) is 6.94. The molecule has 0 aliphatic carbocycles. The summed E-state index contributed by atoms with van der Waals surface area (Å²) in [6.45, 7) is 4.01. The van der Waals surface area contributed by atoms with Crippen LogP contribution in [0.4, 0.5) is 0 Å². The number of Topliss-reactive ketones (excluding diaryl/α,β-unsaturated/α-hetero) is 1. The summed E-state index contributed by atoms with van der Waals surface area (Å²) < 4.78 is 9.09. The Bertz CT molecular complexity index is 1490. The van der Waals surface area contributed by atoms with Crippen molar-refractivity contribution >= 4 is 48.9 Å². The van der Waals surface area contributed by atoms with Crippen molar-refractivity contribution in [3.8, 4) is 11.6 Å². The molecule has 0 aliphatic rings. The molecule has 5 aromatic rings. The number of furan rings is 1. The van der Waals surface area contributed by atoms with Gasteiger partial charge in [-0.2, -0.15) is 4.52 Å². The second kappa shape index (κ2) is 7.58. The van der Waals surface area contributed by atoms with Crippen LogP contribution in [0, 0.1) is 6.92 Å². The van der Waals surface area contributed by atoms with E-state index in [2.05, 4.69) is 32.9 Å². The fourth-order valence-electron chi connectivity index (χ4n) is 3.74. The molecule has 0 N–H and O–H groups in total. The van der Waals surface area contributed by atoms with Crippen LogP contribution in [0.2, 0.25) is 0 Å². The van der Waals surface area contributed by atoms with Gasteiger partial charge in [-0.3, -0.25) is 9.36 Å². The van der Waals surface area contributed by atoms with Crippen LogP contribution >= 0.6 is 27.3 Å². The van der Waals surface area contributed by atoms with Gasteiger partial charge in [-0.15, -0.1) is 16.4 Å². The zero-order chi connectivity index (χ0) is 21.7. The molecule has 156 valence electrons. The molecule has 1 aromatic carbocycles. The lowest BCUT2D eigenvalue weighted by atomic mass is 10.1. The summed E-state index contributed by atoms with van der Waals surface area (Å²) in [5.74, 6) is 0.677. The lowest BCUT2D eigenvalue weighted by molar-refractivity contribution is 0.0972. The Kier molecular flexibility index (Phi) is 4.86. The van der Waals surface area contributed by atoms with E-state index in [0.717, 1.165) is 31.6 Å². The Morgan fingerprint density at radius 1 is 1.23 bits per heavy atom. The molecule has 0 saturated carbocycles. The zero-order valence-corrected chi connectivity index (χ0v) is 19.2. The van der Waals surface area contributed by atoms with E-state index in [1.807, 2.05) is 19.1 Å². The largest absolute Gasteiger partial charge is 0.461 e. The minimum atomic E-state index is -0.401. The van der Waals surface area contributed by atoms with E-state index in [4.69, 9.17) is 4.42 Å². The van der Waals surface area contributed by atoms with Crippen LogP contribution in [-0.4, -0.2) is 24.9 Å². The minimum absolute atomic E-state index is 0.0774. The first-order valence-corrected chi connectivity index (χ1v) is 11.3. The predicted molar refractivity (Wildman–Crippen MR) is 123 cm³/mol. The van der Waals surface area contributed by atoms with Crippen molar-refractivity contribution < 1.29 is 9.21 Å². The van der Waals surface area contributed by atoms with Crippen molar-refractivity contribution in [3.63, 3.8) is 0 Å². The fourth-order valence-corrected chi connectivity index (χ4v) is 5.23. The van der Waals surface area contributed by atoms with Gasteiger partial charge in [0.05, 0.1) is 18.2 Å². The van der Waals surface area contributed by atoms with Crippen LogP contribution < -0.4 is 5.69 Å². The van der Waals surface area contributed by atoms with Gasteiger partial charge in [-0.25, -0.2) is 9.78 Å². The van der Waals surface area contributed by atoms with Crippen molar-refractivity contribution in [1.82, 2.24) is 19.2 Å². The molecular weight excluding hydrogens is 480 g/mol. The number of nitrogens with zero attached hydrogens (tertiary/aromatic N) is 4. The van der Waals surface area contributed by atoms with Gasteiger partial charge in [0.15, 0.2) is 17.2 Å². The molecule has 0 aliphatic heterocycles. The molecule has 0 spiro atoms. The van der Waals surface area contributed by atoms with Crippen LogP contribution in [-0.2, 0) is 13.0 Å². The Balaban J connectivity index is 1.75. The molecule has 0 atom stereocenters. The van der Waals surface area contributed by atoms with E-state index in [9.17, 15) is 9.59 Å². The number of thiophene rings is 1. The van der Waals surface area contributed by atoms with Gasteiger partial charge in [0.1, 0.15) is 4.83 Å². The molecule has 31 heavy (non-hydrogen) atoms. The summed E-state index contributed by atoms with van der Waals surface area (Å²) in [6.07, 6.45) is 2.32. The average molecular weight is 497 g/mol. The number of hydrogen-bond acceptors (Lipinski definition) is 6. The lowest BCUT2D eigenvalue weighted by Crippen LogP contribution is -2.30. The number of carbonyl (C=O) groups excluding carboxylic acids is 1. The van der Waals surface area contributed by atoms with Crippen molar-refractivity contribution in [2.45, 2.75) is 26.8 Å². The van der Waals surface area contributed by atoms with Crippen LogP contribution in [0.3, 0.4) is 0 Å². The highest BCUT2D eigenvalue weighted by atomic mass is 79.9. The minimum Gasteiger partial charge on any atom is -0.461 e. The number of carbonyl (C=O) groups is 1. The maximum absolute atomic E-state index is 13.4. The van der Waals surface area contributed by atoms with Gasteiger partial charge < -0.3 is 4.42 Å². The second-order valence-electron chi connectivity index (χ2n) is 7.12. The smallest absolute Gasteiger partial charge is 0.352 e. The van der Waals surface area contributed by atoms with Crippen LogP contribution in [0.1, 0.15) is 27.7 Å². The second-order valence-corrected chi connectivity index (χ2v) is 9.24. The monoisotopic (exact) mass is 496 g/mol. The van der Waals surface area contributed by atoms with E-state index < -0.39 is 5.69 Å². The Hall–Kier alpha value is -3.04. The number of halogens is 1. The molecule has 9 heteroatoms. The van der Waals surface area contributed by atoms with Crippen LogP contribution in [0.15, 0.2) is 56.3 Å². The van der Waals surface area contributed by atoms with E-state index >= 15 is 0 Å². The molecule has 4 heterocycles. The van der Waals surface area contributed by atoms with Crippen molar-refractivity contribution in [2.75, 3.05) is 0 Å². The molecule has 0 radical (unpaired) electrons. The highest BCUT2D eigenvalue weighted by Gasteiger charge is 2.23. The number of ketones is 1. The van der Waals surface area contributed by atoms with Gasteiger partial charge in [-0.1, -0.05) is 35.0 Å². The molecule has 4 aromatic heterocycles. The van der Waals surface area contributed by atoms with Gasteiger partial charge >= 0.3 is 5.69 Å². The first-order chi connectivity index (χ1) is 15.0. The third-order valence-electron chi connectivity index (χ3n) is 5.24. The van der Waals surface area contributed by atoms with E-state index in [1.165, 1.54) is 26.7 Å². The number of aromatic nitrogens is 4. The van der Waals surface area contributed by atoms with Crippen LogP contribution in [0.5, 0.6) is 0 Å². The average Bonchev–Trinajstić information content (AvgIpc) is 3.49. The van der Waals surface area contributed by atoms with Gasteiger partial charge in [0.25, 0.3) is 0 Å². The highest BCUT2D eigenvalue weighted by Crippen LogP contribution is 2.33. The topological polar surface area (TPSA) is 82.4 Å². The normalized spacial score (nSPS) is 11.6. The number of benzene rings is 1.